The molecule has 2 rings (SSSR count). The number of aliphatic hydroxyl groups is 1. The van der Waals surface area contributed by atoms with E-state index in [1.807, 2.05) is 4.68 Å². The molecule has 1 aromatic rings. The van der Waals surface area contributed by atoms with E-state index in [0.717, 1.165) is 18.9 Å². The van der Waals surface area contributed by atoms with Crippen molar-refractivity contribution in [3.05, 3.63) is 5.82 Å². The maximum atomic E-state index is 9.01. The zero-order valence-corrected chi connectivity index (χ0v) is 9.49. The molecule has 0 aromatic carbocycles. The summed E-state index contributed by atoms with van der Waals surface area (Å²) in [6, 6.07) is 0.349. The van der Waals surface area contributed by atoms with E-state index in [1.165, 1.54) is 0 Å². The maximum absolute atomic E-state index is 9.01. The molecule has 2 heterocycles. The predicted octanol–water partition coefficient (Wildman–Crippen LogP) is 1.17. The van der Waals surface area contributed by atoms with Crippen LogP contribution in [0.3, 0.4) is 0 Å². The quantitative estimate of drug-likeness (QED) is 0.730. The molecule has 1 aromatic heterocycles. The van der Waals surface area contributed by atoms with Crippen molar-refractivity contribution in [2.24, 2.45) is 5.41 Å². The van der Waals surface area contributed by atoms with Gasteiger partial charge < -0.3 is 10.4 Å². The molecule has 1 atom stereocenters. The third-order valence-corrected chi connectivity index (χ3v) is 2.81. The molecule has 0 spiro atoms. The van der Waals surface area contributed by atoms with Crippen LogP contribution in [0.15, 0.2) is 0 Å². The highest BCUT2D eigenvalue weighted by molar-refractivity contribution is 5.28. The lowest BCUT2D eigenvalue weighted by atomic mass is 9.84. The highest BCUT2D eigenvalue weighted by Crippen LogP contribution is 2.36. The standard InChI is InChI=1S/C10H18N4O/c1-10(2,3)7-4-5-11-9-12-8(6-15)13-14(7)9/h7,15H,4-6H2,1-3H3,(H,11,12,13). The van der Waals surface area contributed by atoms with Gasteiger partial charge in [0.15, 0.2) is 5.82 Å². The highest BCUT2D eigenvalue weighted by Gasteiger charge is 2.32. The Hall–Kier alpha value is -1.10. The molecule has 1 aliphatic heterocycles. The van der Waals surface area contributed by atoms with Crippen LogP contribution in [-0.2, 0) is 6.61 Å². The molecule has 5 nitrogen and oxygen atoms in total. The summed E-state index contributed by atoms with van der Waals surface area (Å²) >= 11 is 0. The van der Waals surface area contributed by atoms with E-state index in [0.29, 0.717) is 11.9 Å². The van der Waals surface area contributed by atoms with E-state index in [2.05, 4.69) is 36.2 Å². The van der Waals surface area contributed by atoms with Gasteiger partial charge in [0.2, 0.25) is 5.95 Å². The van der Waals surface area contributed by atoms with Gasteiger partial charge in [0.05, 0.1) is 6.04 Å². The van der Waals surface area contributed by atoms with Crippen LogP contribution >= 0.6 is 0 Å². The summed E-state index contributed by atoms with van der Waals surface area (Å²) in [5, 5.41) is 16.5. The van der Waals surface area contributed by atoms with E-state index >= 15 is 0 Å². The number of nitrogens with one attached hydrogen (secondary N) is 1. The van der Waals surface area contributed by atoms with E-state index in [-0.39, 0.29) is 12.0 Å². The molecule has 0 amide bonds. The summed E-state index contributed by atoms with van der Waals surface area (Å²) in [6.07, 6.45) is 1.05. The Morgan fingerprint density at radius 2 is 2.27 bits per heavy atom. The SMILES string of the molecule is CC(C)(C)C1CCNc2nc(CO)nn21. The van der Waals surface area contributed by atoms with Crippen LogP contribution in [-0.4, -0.2) is 26.4 Å². The minimum atomic E-state index is -0.0987. The first kappa shape index (κ1) is 10.4. The summed E-state index contributed by atoms with van der Waals surface area (Å²) in [5.41, 5.74) is 0.164. The number of rotatable bonds is 1. The lowest BCUT2D eigenvalue weighted by molar-refractivity contribution is 0.206. The van der Waals surface area contributed by atoms with Gasteiger partial charge in [0.25, 0.3) is 0 Å². The van der Waals surface area contributed by atoms with Crippen LogP contribution in [0.2, 0.25) is 0 Å². The summed E-state index contributed by atoms with van der Waals surface area (Å²) < 4.78 is 1.91. The van der Waals surface area contributed by atoms with Crippen LogP contribution in [0.4, 0.5) is 5.95 Å². The Balaban J connectivity index is 2.37. The van der Waals surface area contributed by atoms with Gasteiger partial charge in [-0.1, -0.05) is 20.8 Å². The van der Waals surface area contributed by atoms with Crippen LogP contribution in [0.5, 0.6) is 0 Å². The van der Waals surface area contributed by atoms with Crippen molar-refractivity contribution in [3.63, 3.8) is 0 Å². The van der Waals surface area contributed by atoms with Gasteiger partial charge in [0, 0.05) is 6.54 Å². The molecular weight excluding hydrogens is 192 g/mol. The van der Waals surface area contributed by atoms with Crippen molar-refractivity contribution >= 4 is 5.95 Å². The van der Waals surface area contributed by atoms with Gasteiger partial charge in [-0.25, -0.2) is 4.68 Å². The monoisotopic (exact) mass is 210 g/mol. The second-order valence-electron chi connectivity index (χ2n) is 5.05. The average molecular weight is 210 g/mol. The Labute approximate surface area is 89.5 Å². The van der Waals surface area contributed by atoms with Crippen molar-refractivity contribution in [1.82, 2.24) is 14.8 Å². The molecule has 15 heavy (non-hydrogen) atoms. The summed E-state index contributed by atoms with van der Waals surface area (Å²) in [4.78, 5) is 4.22. The average Bonchev–Trinajstić information content (AvgIpc) is 2.57. The first-order chi connectivity index (χ1) is 7.02. The van der Waals surface area contributed by atoms with Gasteiger partial charge in [-0.3, -0.25) is 0 Å². The zero-order valence-electron chi connectivity index (χ0n) is 9.49. The van der Waals surface area contributed by atoms with Crippen LogP contribution < -0.4 is 5.32 Å². The fraction of sp³-hybridized carbons (Fsp3) is 0.800. The molecule has 0 radical (unpaired) electrons. The van der Waals surface area contributed by atoms with Crippen LogP contribution in [0, 0.1) is 5.41 Å². The molecule has 5 heteroatoms. The number of hydrogen-bond donors (Lipinski definition) is 2. The lowest BCUT2D eigenvalue weighted by Crippen LogP contribution is -2.32. The molecule has 1 unspecified atom stereocenters. The maximum Gasteiger partial charge on any atom is 0.221 e. The molecule has 1 aliphatic rings. The van der Waals surface area contributed by atoms with Gasteiger partial charge in [-0.2, -0.15) is 10.1 Å². The fourth-order valence-electron chi connectivity index (χ4n) is 2.02. The zero-order chi connectivity index (χ0) is 11.1. The second-order valence-corrected chi connectivity index (χ2v) is 5.05. The smallest absolute Gasteiger partial charge is 0.221 e. The molecule has 0 saturated heterocycles. The molecule has 2 N–H and O–H groups in total. The molecular formula is C10H18N4O. The molecule has 84 valence electrons. The normalized spacial score (nSPS) is 20.9. The van der Waals surface area contributed by atoms with Gasteiger partial charge in [-0.15, -0.1) is 0 Å². The Kier molecular flexibility index (Phi) is 2.42. The first-order valence-corrected chi connectivity index (χ1v) is 5.32. The fourth-order valence-corrected chi connectivity index (χ4v) is 2.02. The Bertz CT molecular complexity index is 353. The summed E-state index contributed by atoms with van der Waals surface area (Å²) in [5.74, 6) is 1.28. The summed E-state index contributed by atoms with van der Waals surface area (Å²) in [6.45, 7) is 7.43. The van der Waals surface area contributed by atoms with Crippen molar-refractivity contribution in [2.45, 2.75) is 39.8 Å². The van der Waals surface area contributed by atoms with Crippen LogP contribution in [0.1, 0.15) is 39.1 Å². The Morgan fingerprint density at radius 3 is 2.87 bits per heavy atom. The minimum absolute atomic E-state index is 0.0987. The highest BCUT2D eigenvalue weighted by atomic mass is 16.3. The van der Waals surface area contributed by atoms with E-state index < -0.39 is 0 Å². The second kappa shape index (κ2) is 3.48. The lowest BCUT2D eigenvalue weighted by Gasteiger charge is -2.34. The molecule has 0 bridgehead atoms. The number of aliphatic hydroxyl groups excluding tert-OH is 1. The number of hydrogen-bond acceptors (Lipinski definition) is 4. The van der Waals surface area contributed by atoms with Crippen molar-refractivity contribution in [1.29, 1.82) is 0 Å². The van der Waals surface area contributed by atoms with E-state index in [9.17, 15) is 0 Å². The van der Waals surface area contributed by atoms with Crippen molar-refractivity contribution in [3.8, 4) is 0 Å². The predicted molar refractivity (Wildman–Crippen MR) is 57.5 cm³/mol. The van der Waals surface area contributed by atoms with Crippen molar-refractivity contribution in [2.75, 3.05) is 11.9 Å². The van der Waals surface area contributed by atoms with E-state index in [4.69, 9.17) is 5.11 Å². The topological polar surface area (TPSA) is 63.0 Å². The molecule has 0 saturated carbocycles. The molecule has 0 aliphatic carbocycles. The number of nitrogens with zero attached hydrogens (tertiary/aromatic N) is 3. The third kappa shape index (κ3) is 1.84. The minimum Gasteiger partial charge on any atom is -0.388 e. The van der Waals surface area contributed by atoms with Crippen LogP contribution in [0.25, 0.3) is 0 Å². The number of anilines is 1. The number of fused-ring (bicyclic) bond motifs is 1. The van der Waals surface area contributed by atoms with Gasteiger partial charge >= 0.3 is 0 Å². The molecule has 0 fully saturated rings. The number of aromatic nitrogens is 3. The largest absolute Gasteiger partial charge is 0.388 e. The van der Waals surface area contributed by atoms with Crippen molar-refractivity contribution < 1.29 is 5.11 Å². The Morgan fingerprint density at radius 1 is 1.53 bits per heavy atom. The van der Waals surface area contributed by atoms with E-state index in [1.54, 1.807) is 0 Å². The third-order valence-electron chi connectivity index (χ3n) is 2.81. The van der Waals surface area contributed by atoms with Gasteiger partial charge in [0.1, 0.15) is 6.61 Å². The summed E-state index contributed by atoms with van der Waals surface area (Å²) in [7, 11) is 0. The van der Waals surface area contributed by atoms with Gasteiger partial charge in [-0.05, 0) is 11.8 Å². The first-order valence-electron chi connectivity index (χ1n) is 5.32.